The number of likely N-dealkylation sites (N-methyl/N-ethyl adjacent to an activating group) is 1. The minimum atomic E-state index is -0.497. The van der Waals surface area contributed by atoms with E-state index in [1.165, 1.54) is 5.56 Å². The highest BCUT2D eigenvalue weighted by Gasteiger charge is 2.44. The highest BCUT2D eigenvalue weighted by atomic mass is 16.5. The van der Waals surface area contributed by atoms with Crippen molar-refractivity contribution < 1.29 is 14.3 Å². The van der Waals surface area contributed by atoms with Crippen LogP contribution in [0.5, 0.6) is 0 Å². The number of benzene rings is 2. The Kier molecular flexibility index (Phi) is 7.15. The highest BCUT2D eigenvalue weighted by molar-refractivity contribution is 5.81. The predicted molar refractivity (Wildman–Crippen MR) is 129 cm³/mol. The second kappa shape index (κ2) is 10.1. The van der Waals surface area contributed by atoms with Crippen molar-refractivity contribution in [2.45, 2.75) is 51.4 Å². The van der Waals surface area contributed by atoms with Crippen LogP contribution in [0.15, 0.2) is 48.5 Å². The Labute approximate surface area is 196 Å². The fraction of sp³-hybridized carbons (Fsp3) is 0.481. The molecule has 1 N–H and O–H groups in total. The average molecular weight is 450 g/mol. The second-order valence-electron chi connectivity index (χ2n) is 9.67. The van der Waals surface area contributed by atoms with E-state index < -0.39 is 6.10 Å². The number of ether oxygens (including phenoxy) is 1. The van der Waals surface area contributed by atoms with Crippen LogP contribution in [-0.4, -0.2) is 66.5 Å². The Bertz CT molecular complexity index is 980. The number of nitrogens with zero attached hydrogens (tertiary/aromatic N) is 2. The maximum atomic E-state index is 12.9. The molecule has 2 heterocycles. The SMILES string of the molecule is Cc1ccc(CNC(=O)[C@@H]2CN(C)CC3(CCN(C(=O)Cc4ccccc4C)CC3)O2)cc1. The number of morpholine rings is 1. The molecule has 0 radical (unpaired) electrons. The van der Waals surface area contributed by atoms with Gasteiger partial charge in [0.15, 0.2) is 0 Å². The molecule has 0 unspecified atom stereocenters. The van der Waals surface area contributed by atoms with E-state index in [2.05, 4.69) is 29.3 Å². The van der Waals surface area contributed by atoms with Gasteiger partial charge in [0, 0.05) is 32.7 Å². The molecule has 2 aliphatic heterocycles. The van der Waals surface area contributed by atoms with Gasteiger partial charge in [0.2, 0.25) is 5.91 Å². The number of piperidine rings is 1. The second-order valence-corrected chi connectivity index (χ2v) is 9.67. The first-order valence-electron chi connectivity index (χ1n) is 11.9. The highest BCUT2D eigenvalue weighted by Crippen LogP contribution is 2.32. The van der Waals surface area contributed by atoms with E-state index in [9.17, 15) is 9.59 Å². The van der Waals surface area contributed by atoms with E-state index in [1.807, 2.05) is 55.3 Å². The molecular weight excluding hydrogens is 414 g/mol. The lowest BCUT2D eigenvalue weighted by Gasteiger charge is -2.48. The minimum absolute atomic E-state index is 0.0699. The van der Waals surface area contributed by atoms with Crippen molar-refractivity contribution in [3.05, 3.63) is 70.8 Å². The quantitative estimate of drug-likeness (QED) is 0.763. The number of likely N-dealkylation sites (tertiary alicyclic amines) is 1. The Morgan fingerprint density at radius 2 is 1.76 bits per heavy atom. The fourth-order valence-corrected chi connectivity index (χ4v) is 4.88. The van der Waals surface area contributed by atoms with Gasteiger partial charge in [-0.2, -0.15) is 0 Å². The third kappa shape index (κ3) is 5.81. The molecule has 0 saturated carbocycles. The number of carbonyl (C=O) groups excluding carboxylic acids is 2. The van der Waals surface area contributed by atoms with Gasteiger partial charge in [0.25, 0.3) is 5.91 Å². The summed E-state index contributed by atoms with van der Waals surface area (Å²) in [5.41, 5.74) is 4.14. The van der Waals surface area contributed by atoms with Crippen LogP contribution in [0.3, 0.4) is 0 Å². The van der Waals surface area contributed by atoms with Crippen LogP contribution in [0.25, 0.3) is 0 Å². The summed E-state index contributed by atoms with van der Waals surface area (Å²) >= 11 is 0. The molecule has 0 aromatic heterocycles. The van der Waals surface area contributed by atoms with Crippen LogP contribution in [-0.2, 0) is 27.3 Å². The maximum Gasteiger partial charge on any atom is 0.250 e. The fourth-order valence-electron chi connectivity index (χ4n) is 4.88. The van der Waals surface area contributed by atoms with Crippen LogP contribution >= 0.6 is 0 Å². The van der Waals surface area contributed by atoms with Gasteiger partial charge in [-0.25, -0.2) is 0 Å². The molecule has 176 valence electrons. The molecule has 2 fully saturated rings. The molecular formula is C27H35N3O3. The van der Waals surface area contributed by atoms with Crippen molar-refractivity contribution in [3.8, 4) is 0 Å². The first-order chi connectivity index (χ1) is 15.8. The van der Waals surface area contributed by atoms with Gasteiger partial charge in [0.1, 0.15) is 6.10 Å². The summed E-state index contributed by atoms with van der Waals surface area (Å²) in [6, 6.07) is 16.2. The van der Waals surface area contributed by atoms with Crippen molar-refractivity contribution in [1.29, 1.82) is 0 Å². The third-order valence-corrected chi connectivity index (χ3v) is 6.94. The molecule has 1 atom stereocenters. The molecule has 0 bridgehead atoms. The zero-order valence-corrected chi connectivity index (χ0v) is 20.0. The molecule has 2 amide bonds. The van der Waals surface area contributed by atoms with E-state index in [4.69, 9.17) is 4.74 Å². The van der Waals surface area contributed by atoms with E-state index in [1.54, 1.807) is 0 Å². The van der Waals surface area contributed by atoms with Gasteiger partial charge in [-0.05, 0) is 50.4 Å². The smallest absolute Gasteiger partial charge is 0.250 e. The zero-order valence-electron chi connectivity index (χ0n) is 20.0. The lowest BCUT2D eigenvalue weighted by molar-refractivity contribution is -0.183. The Morgan fingerprint density at radius 1 is 1.06 bits per heavy atom. The number of nitrogens with one attached hydrogen (secondary N) is 1. The molecule has 2 aromatic carbocycles. The number of carbonyl (C=O) groups is 2. The lowest BCUT2D eigenvalue weighted by Crippen LogP contribution is -2.61. The number of amides is 2. The average Bonchev–Trinajstić information content (AvgIpc) is 2.80. The predicted octanol–water partition coefficient (Wildman–Crippen LogP) is 2.85. The lowest BCUT2D eigenvalue weighted by atomic mass is 9.88. The summed E-state index contributed by atoms with van der Waals surface area (Å²) in [6.07, 6.45) is 1.44. The monoisotopic (exact) mass is 449 g/mol. The minimum Gasteiger partial charge on any atom is -0.359 e. The van der Waals surface area contributed by atoms with Crippen LogP contribution in [0, 0.1) is 13.8 Å². The van der Waals surface area contributed by atoms with Crippen molar-refractivity contribution in [2.24, 2.45) is 0 Å². The van der Waals surface area contributed by atoms with Crippen LogP contribution in [0.2, 0.25) is 0 Å². The van der Waals surface area contributed by atoms with E-state index in [0.717, 1.165) is 36.1 Å². The van der Waals surface area contributed by atoms with Crippen LogP contribution in [0.1, 0.15) is 35.1 Å². The van der Waals surface area contributed by atoms with Gasteiger partial charge in [0.05, 0.1) is 12.0 Å². The first kappa shape index (κ1) is 23.5. The molecule has 6 heteroatoms. The van der Waals surface area contributed by atoms with E-state index >= 15 is 0 Å². The summed E-state index contributed by atoms with van der Waals surface area (Å²) in [6.45, 7) is 7.29. The molecule has 1 spiro atoms. The van der Waals surface area contributed by atoms with Gasteiger partial charge in [-0.3, -0.25) is 9.59 Å². The number of aryl methyl sites for hydroxylation is 2. The molecule has 2 aliphatic rings. The molecule has 33 heavy (non-hydrogen) atoms. The number of rotatable bonds is 5. The largest absolute Gasteiger partial charge is 0.359 e. The Balaban J connectivity index is 1.32. The van der Waals surface area contributed by atoms with Crippen molar-refractivity contribution in [1.82, 2.24) is 15.1 Å². The molecule has 0 aliphatic carbocycles. The van der Waals surface area contributed by atoms with Crippen molar-refractivity contribution >= 4 is 11.8 Å². The summed E-state index contributed by atoms with van der Waals surface area (Å²) in [5.74, 6) is 0.0928. The van der Waals surface area contributed by atoms with Gasteiger partial charge in [-0.15, -0.1) is 0 Å². The zero-order chi connectivity index (χ0) is 23.4. The van der Waals surface area contributed by atoms with Gasteiger partial charge < -0.3 is 19.9 Å². The van der Waals surface area contributed by atoms with Crippen LogP contribution < -0.4 is 5.32 Å². The maximum absolute atomic E-state index is 12.9. The third-order valence-electron chi connectivity index (χ3n) is 6.94. The number of hydrogen-bond donors (Lipinski definition) is 1. The van der Waals surface area contributed by atoms with Gasteiger partial charge >= 0.3 is 0 Å². The standard InChI is InChI=1S/C27H35N3O3/c1-20-8-10-22(11-9-20)17-28-26(32)24-18-29(3)19-27(33-24)12-14-30(15-13-27)25(31)16-23-7-5-4-6-21(23)2/h4-11,24H,12-19H2,1-3H3,(H,28,32)/t24-/m0/s1. The topological polar surface area (TPSA) is 61.9 Å². The Hall–Kier alpha value is -2.70. The molecule has 2 aromatic rings. The Morgan fingerprint density at radius 3 is 2.45 bits per heavy atom. The van der Waals surface area contributed by atoms with Gasteiger partial charge in [-0.1, -0.05) is 54.1 Å². The summed E-state index contributed by atoms with van der Waals surface area (Å²) in [5, 5.41) is 3.04. The summed E-state index contributed by atoms with van der Waals surface area (Å²) in [7, 11) is 2.04. The first-order valence-corrected chi connectivity index (χ1v) is 11.9. The van der Waals surface area contributed by atoms with Crippen molar-refractivity contribution in [2.75, 3.05) is 33.2 Å². The van der Waals surface area contributed by atoms with E-state index in [-0.39, 0.29) is 17.4 Å². The summed E-state index contributed by atoms with van der Waals surface area (Å²) in [4.78, 5) is 29.9. The molecule has 6 nitrogen and oxygen atoms in total. The molecule has 2 saturated heterocycles. The van der Waals surface area contributed by atoms with Crippen molar-refractivity contribution in [3.63, 3.8) is 0 Å². The summed E-state index contributed by atoms with van der Waals surface area (Å²) < 4.78 is 6.43. The van der Waals surface area contributed by atoms with E-state index in [0.29, 0.717) is 32.6 Å². The van der Waals surface area contributed by atoms with Crippen LogP contribution in [0.4, 0.5) is 0 Å². The molecule has 4 rings (SSSR count). The number of hydrogen-bond acceptors (Lipinski definition) is 4. The normalized spacial score (nSPS) is 20.6.